The SMILES string of the molecule is CC(C)NCCCOc1cc(Cl)c(F)cc1[N+](=O)[O-]. The van der Waals surface area contributed by atoms with E-state index in [4.69, 9.17) is 16.3 Å². The Kier molecular flexibility index (Phi) is 5.98. The molecule has 0 bridgehead atoms. The molecule has 1 rings (SSSR count). The molecule has 1 aromatic rings. The zero-order chi connectivity index (χ0) is 14.4. The third-order valence-corrected chi connectivity index (χ3v) is 2.62. The fourth-order valence-electron chi connectivity index (χ4n) is 1.42. The maximum absolute atomic E-state index is 13.1. The lowest BCUT2D eigenvalue weighted by molar-refractivity contribution is -0.386. The summed E-state index contributed by atoms with van der Waals surface area (Å²) >= 11 is 5.58. The normalized spacial score (nSPS) is 10.8. The number of hydrogen-bond acceptors (Lipinski definition) is 4. The Balaban J connectivity index is 2.62. The number of halogens is 2. The van der Waals surface area contributed by atoms with Crippen LogP contribution in [0, 0.1) is 15.9 Å². The summed E-state index contributed by atoms with van der Waals surface area (Å²) in [6, 6.07) is 2.27. The van der Waals surface area contributed by atoms with E-state index in [9.17, 15) is 14.5 Å². The number of ether oxygens (including phenoxy) is 1. The smallest absolute Gasteiger partial charge is 0.313 e. The van der Waals surface area contributed by atoms with E-state index in [0.29, 0.717) is 19.1 Å². The highest BCUT2D eigenvalue weighted by atomic mass is 35.5. The number of benzene rings is 1. The molecule has 0 unspecified atom stereocenters. The van der Waals surface area contributed by atoms with E-state index in [0.717, 1.165) is 18.7 Å². The molecule has 1 aromatic carbocycles. The third-order valence-electron chi connectivity index (χ3n) is 2.33. The Bertz CT molecular complexity index is 455. The van der Waals surface area contributed by atoms with Crippen molar-refractivity contribution >= 4 is 17.3 Å². The van der Waals surface area contributed by atoms with Gasteiger partial charge in [0.15, 0.2) is 5.75 Å². The van der Waals surface area contributed by atoms with Gasteiger partial charge in [0.25, 0.3) is 0 Å². The second-order valence-electron chi connectivity index (χ2n) is 4.30. The van der Waals surface area contributed by atoms with Crippen molar-refractivity contribution < 1.29 is 14.1 Å². The van der Waals surface area contributed by atoms with Crippen LogP contribution in [0.5, 0.6) is 5.75 Å². The van der Waals surface area contributed by atoms with Gasteiger partial charge < -0.3 is 10.1 Å². The number of hydrogen-bond donors (Lipinski definition) is 1. The van der Waals surface area contributed by atoms with E-state index >= 15 is 0 Å². The molecule has 0 amide bonds. The van der Waals surface area contributed by atoms with Crippen molar-refractivity contribution in [1.82, 2.24) is 5.32 Å². The van der Waals surface area contributed by atoms with Crippen LogP contribution in [-0.4, -0.2) is 24.1 Å². The van der Waals surface area contributed by atoms with Gasteiger partial charge >= 0.3 is 5.69 Å². The highest BCUT2D eigenvalue weighted by molar-refractivity contribution is 6.31. The Morgan fingerprint density at radius 1 is 1.53 bits per heavy atom. The molecule has 0 aliphatic rings. The predicted molar refractivity (Wildman–Crippen MR) is 71.3 cm³/mol. The van der Waals surface area contributed by atoms with Gasteiger partial charge in [0.05, 0.1) is 22.6 Å². The van der Waals surface area contributed by atoms with Crippen LogP contribution in [0.1, 0.15) is 20.3 Å². The summed E-state index contributed by atoms with van der Waals surface area (Å²) in [4.78, 5) is 10.1. The van der Waals surface area contributed by atoms with Gasteiger partial charge in [-0.25, -0.2) is 4.39 Å². The van der Waals surface area contributed by atoms with Crippen LogP contribution in [0.2, 0.25) is 5.02 Å². The summed E-state index contributed by atoms with van der Waals surface area (Å²) < 4.78 is 18.4. The van der Waals surface area contributed by atoms with Crippen LogP contribution in [-0.2, 0) is 0 Å². The highest BCUT2D eigenvalue weighted by Crippen LogP contribution is 2.32. The topological polar surface area (TPSA) is 64.4 Å². The lowest BCUT2D eigenvalue weighted by atomic mass is 10.3. The van der Waals surface area contributed by atoms with Crippen LogP contribution in [0.3, 0.4) is 0 Å². The van der Waals surface area contributed by atoms with Gasteiger partial charge in [-0.3, -0.25) is 10.1 Å². The molecular formula is C12H16ClFN2O3. The minimum atomic E-state index is -0.831. The quantitative estimate of drug-likeness (QED) is 0.476. The van der Waals surface area contributed by atoms with Gasteiger partial charge in [-0.05, 0) is 13.0 Å². The first kappa shape index (κ1) is 15.7. The first-order chi connectivity index (χ1) is 8.91. The lowest BCUT2D eigenvalue weighted by Gasteiger charge is -2.09. The van der Waals surface area contributed by atoms with Crippen molar-refractivity contribution in [2.45, 2.75) is 26.3 Å². The van der Waals surface area contributed by atoms with Crippen LogP contribution < -0.4 is 10.1 Å². The molecule has 0 fully saturated rings. The van der Waals surface area contributed by atoms with E-state index in [1.807, 2.05) is 13.8 Å². The van der Waals surface area contributed by atoms with Crippen molar-refractivity contribution in [1.29, 1.82) is 0 Å². The predicted octanol–water partition coefficient (Wildman–Crippen LogP) is 3.15. The maximum Gasteiger partial charge on any atom is 0.313 e. The highest BCUT2D eigenvalue weighted by Gasteiger charge is 2.19. The minimum absolute atomic E-state index is 0.0130. The Hall–Kier alpha value is -1.40. The van der Waals surface area contributed by atoms with E-state index < -0.39 is 16.4 Å². The first-order valence-electron chi connectivity index (χ1n) is 5.91. The number of rotatable bonds is 7. The van der Waals surface area contributed by atoms with Crippen molar-refractivity contribution in [3.63, 3.8) is 0 Å². The monoisotopic (exact) mass is 290 g/mol. The number of nitrogens with one attached hydrogen (secondary N) is 1. The molecule has 0 aliphatic heterocycles. The van der Waals surface area contributed by atoms with Crippen LogP contribution >= 0.6 is 11.6 Å². The van der Waals surface area contributed by atoms with E-state index in [2.05, 4.69) is 5.32 Å². The number of nitro benzene ring substituents is 1. The van der Waals surface area contributed by atoms with Crippen molar-refractivity contribution in [2.24, 2.45) is 0 Å². The third kappa shape index (κ3) is 5.00. The van der Waals surface area contributed by atoms with E-state index in [1.165, 1.54) is 0 Å². The average Bonchev–Trinajstić information content (AvgIpc) is 2.32. The van der Waals surface area contributed by atoms with Gasteiger partial charge in [0.1, 0.15) is 5.82 Å². The number of nitrogens with zero attached hydrogens (tertiary/aromatic N) is 1. The fourth-order valence-corrected chi connectivity index (χ4v) is 1.58. The molecule has 0 aromatic heterocycles. The molecule has 19 heavy (non-hydrogen) atoms. The Labute approximate surface area is 115 Å². The second-order valence-corrected chi connectivity index (χ2v) is 4.71. The number of nitro groups is 1. The molecule has 0 saturated carbocycles. The van der Waals surface area contributed by atoms with Crippen molar-refractivity contribution in [3.8, 4) is 5.75 Å². The van der Waals surface area contributed by atoms with E-state index in [1.54, 1.807) is 0 Å². The average molecular weight is 291 g/mol. The largest absolute Gasteiger partial charge is 0.487 e. The molecule has 0 aliphatic carbocycles. The summed E-state index contributed by atoms with van der Waals surface area (Å²) in [6.45, 7) is 5.07. The molecule has 7 heteroatoms. The summed E-state index contributed by atoms with van der Waals surface area (Å²) in [5, 5.41) is 13.8. The fraction of sp³-hybridized carbons (Fsp3) is 0.500. The lowest BCUT2D eigenvalue weighted by Crippen LogP contribution is -2.24. The summed E-state index contributed by atoms with van der Waals surface area (Å²) in [6.07, 6.45) is 0.685. The zero-order valence-electron chi connectivity index (χ0n) is 10.8. The van der Waals surface area contributed by atoms with Gasteiger partial charge in [-0.15, -0.1) is 0 Å². The zero-order valence-corrected chi connectivity index (χ0v) is 11.5. The molecule has 0 spiro atoms. The molecule has 0 radical (unpaired) electrons. The van der Waals surface area contributed by atoms with Crippen LogP contribution in [0.25, 0.3) is 0 Å². The molecule has 0 heterocycles. The first-order valence-corrected chi connectivity index (χ1v) is 6.29. The standard InChI is InChI=1S/C12H16ClFN2O3/c1-8(2)15-4-3-5-19-12-6-9(13)10(14)7-11(12)16(17)18/h6-8,15H,3-5H2,1-2H3. The Morgan fingerprint density at radius 2 is 2.21 bits per heavy atom. The molecular weight excluding hydrogens is 275 g/mol. The maximum atomic E-state index is 13.1. The van der Waals surface area contributed by atoms with Crippen molar-refractivity contribution in [2.75, 3.05) is 13.2 Å². The Morgan fingerprint density at radius 3 is 2.79 bits per heavy atom. The second kappa shape index (κ2) is 7.25. The minimum Gasteiger partial charge on any atom is -0.487 e. The molecule has 1 N–H and O–H groups in total. The van der Waals surface area contributed by atoms with Gasteiger partial charge in [-0.2, -0.15) is 0 Å². The van der Waals surface area contributed by atoms with Gasteiger partial charge in [0, 0.05) is 12.1 Å². The van der Waals surface area contributed by atoms with Gasteiger partial charge in [-0.1, -0.05) is 25.4 Å². The summed E-state index contributed by atoms with van der Waals surface area (Å²) in [5.41, 5.74) is -0.418. The van der Waals surface area contributed by atoms with Gasteiger partial charge in [0.2, 0.25) is 0 Å². The summed E-state index contributed by atoms with van der Waals surface area (Å²) in [7, 11) is 0. The molecule has 0 atom stereocenters. The molecule has 0 saturated heterocycles. The van der Waals surface area contributed by atoms with Crippen LogP contribution in [0.15, 0.2) is 12.1 Å². The van der Waals surface area contributed by atoms with E-state index in [-0.39, 0.29) is 10.8 Å². The molecule has 5 nitrogen and oxygen atoms in total. The molecule has 106 valence electrons. The van der Waals surface area contributed by atoms with Crippen molar-refractivity contribution in [3.05, 3.63) is 33.1 Å². The van der Waals surface area contributed by atoms with Crippen LogP contribution in [0.4, 0.5) is 10.1 Å². The summed E-state index contributed by atoms with van der Waals surface area (Å²) in [5.74, 6) is -0.844.